The summed E-state index contributed by atoms with van der Waals surface area (Å²) in [7, 11) is -6.77. The van der Waals surface area contributed by atoms with Crippen LogP contribution in [0.1, 0.15) is 153 Å². The molecule has 61 heavy (non-hydrogen) atoms. The summed E-state index contributed by atoms with van der Waals surface area (Å²) in [6.45, 7) is 44.7. The van der Waals surface area contributed by atoms with Gasteiger partial charge in [-0.1, -0.05) is 70.2 Å². The zero-order chi connectivity index (χ0) is 46.1. The second kappa shape index (κ2) is 67.6. The van der Waals surface area contributed by atoms with Gasteiger partial charge in [0.1, 0.15) is 0 Å². The first kappa shape index (κ1) is 114. The van der Waals surface area contributed by atoms with Gasteiger partial charge in [-0.3, -0.25) is 7.32 Å². The monoisotopic (exact) mass is 1910 g/mol. The van der Waals surface area contributed by atoms with Gasteiger partial charge in [-0.2, -0.15) is 0 Å². The zero-order valence-corrected chi connectivity index (χ0v) is 79.6. The van der Waals surface area contributed by atoms with Crippen LogP contribution in [0.4, 0.5) is 0 Å². The van der Waals surface area contributed by atoms with Crippen LogP contribution in [0, 0.1) is 0 Å². The summed E-state index contributed by atoms with van der Waals surface area (Å²) in [6, 6.07) is 0. The second-order valence-corrected chi connectivity index (χ2v) is 45.2. The molecular formula is C31H79B6I6O13Rb5-2. The van der Waals surface area contributed by atoms with Crippen molar-refractivity contribution in [2.75, 3.05) is 0 Å². The van der Waals surface area contributed by atoms with Crippen molar-refractivity contribution in [3.05, 3.63) is 0 Å². The third kappa shape index (κ3) is 67.5. The molecule has 3 fully saturated rings. The van der Waals surface area contributed by atoms with Crippen LogP contribution in [-0.2, 0) is 27.9 Å². The Morgan fingerprint density at radius 3 is 0.574 bits per heavy atom. The van der Waals surface area contributed by atoms with Crippen LogP contribution in [0.3, 0.4) is 0 Å². The van der Waals surface area contributed by atoms with Gasteiger partial charge in [0, 0.05) is 0 Å². The van der Waals surface area contributed by atoms with Crippen molar-refractivity contribution in [3.8, 4) is 0 Å². The minimum Gasteiger partial charge on any atom is -0.907 e. The Morgan fingerprint density at radius 1 is 0.426 bits per heavy atom. The van der Waals surface area contributed by atoms with Gasteiger partial charge in [0.25, 0.3) is 0 Å². The molecule has 3 saturated heterocycles. The van der Waals surface area contributed by atoms with Gasteiger partial charge in [0.2, 0.25) is 0 Å². The van der Waals surface area contributed by atoms with Crippen LogP contribution in [0.15, 0.2) is 0 Å². The zero-order valence-electron chi connectivity index (χ0n) is 42.1. The summed E-state index contributed by atoms with van der Waals surface area (Å²) in [5.41, 5.74) is -1.76. The Kier molecular flexibility index (Phi) is 126. The van der Waals surface area contributed by atoms with Crippen molar-refractivity contribution in [1.29, 1.82) is 0 Å². The van der Waals surface area contributed by atoms with Crippen molar-refractivity contribution >= 4 is 117 Å². The predicted octanol–water partition coefficient (Wildman–Crippen LogP) is -15.1. The third-order valence-electron chi connectivity index (χ3n) is 7.14. The number of hydrogen-bond acceptors (Lipinski definition) is 13. The van der Waals surface area contributed by atoms with E-state index in [1.54, 1.807) is 0 Å². The average Bonchev–Trinajstić information content (AvgIpc) is 3.45. The fourth-order valence-electron chi connectivity index (χ4n) is 3.14. The molecule has 0 aromatic rings. The molecule has 2 N–H and O–H groups in total. The maximum absolute atomic E-state index is 8.97. The summed E-state index contributed by atoms with van der Waals surface area (Å²) in [5.74, 6) is 0. The second-order valence-electron chi connectivity index (χ2n) is 12.7. The van der Waals surface area contributed by atoms with Gasteiger partial charge < -0.3 is 63.1 Å². The third-order valence-corrected chi connectivity index (χ3v) is 7.14. The van der Waals surface area contributed by atoms with E-state index in [1.807, 2.05) is 118 Å². The fraction of sp³-hybridized carbons (Fsp3) is 1.00. The molecule has 0 radical (unpaired) electrons. The Balaban J connectivity index is -0.0000000330. The Hall–Kier alpha value is 13.3. The normalized spacial score (nSPS) is 16.7. The fourth-order valence-corrected chi connectivity index (χ4v) is 3.14. The average molecular weight is 1910 g/mol. The molecule has 3 aliphatic rings. The van der Waals surface area contributed by atoms with Gasteiger partial charge in [-0.15, -0.1) is 13.9 Å². The Morgan fingerprint density at radius 2 is 0.508 bits per heavy atom. The van der Waals surface area contributed by atoms with Crippen LogP contribution < -0.4 is 343 Å². The Labute approximate surface area is 685 Å². The summed E-state index contributed by atoms with van der Waals surface area (Å²) < 4.78 is 34.9. The molecule has 30 heteroatoms. The quantitative estimate of drug-likeness (QED) is 0.185. The molecular weight excluding hydrogens is 1830 g/mol. The van der Waals surface area contributed by atoms with Crippen LogP contribution >= 0.6 is 74.5 Å². The summed E-state index contributed by atoms with van der Waals surface area (Å²) in [6.07, 6.45) is 0. The molecule has 3 rings (SSSR count). The van der Waals surface area contributed by atoms with Gasteiger partial charge in [-0.05, 0) is 96.7 Å². The van der Waals surface area contributed by atoms with E-state index in [0.717, 1.165) is 6.82 Å². The molecule has 0 aliphatic carbocycles. The number of halogens is 6. The molecule has 0 atom stereocenters. The van der Waals surface area contributed by atoms with Gasteiger partial charge >= 0.3 is 420 Å². The van der Waals surface area contributed by atoms with Crippen LogP contribution in [0.2, 0.25) is 20.5 Å². The number of hydrogen-bond donors (Lipinski definition) is 2. The smallest absolute Gasteiger partial charge is 0.907 e. The topological polar surface area (TPSA) is 211 Å². The summed E-state index contributed by atoms with van der Waals surface area (Å²) in [5, 5.41) is 58.4. The van der Waals surface area contributed by atoms with E-state index in [1.165, 1.54) is 6.82 Å². The predicted molar refractivity (Wildman–Crippen MR) is 262 cm³/mol. The Bertz CT molecular complexity index is 719. The minimum atomic E-state index is -2.92. The molecule has 3 aliphatic heterocycles. The molecule has 0 aromatic heterocycles. The largest absolute Gasteiger partial charge is 1.00 e. The van der Waals surface area contributed by atoms with E-state index in [0.29, 0.717) is 26.5 Å². The van der Waals surface area contributed by atoms with E-state index in [-0.39, 0.29) is 347 Å². The first-order valence-electron chi connectivity index (χ1n) is 17.7. The molecule has 0 unspecified atom stereocenters. The van der Waals surface area contributed by atoms with Crippen LogP contribution in [-0.4, -0.2) is 86.3 Å². The van der Waals surface area contributed by atoms with E-state index in [2.05, 4.69) is 102 Å². The van der Waals surface area contributed by atoms with Crippen molar-refractivity contribution < 1.29 is 381 Å². The van der Waals surface area contributed by atoms with E-state index in [9.17, 15) is 0 Å². The summed E-state index contributed by atoms with van der Waals surface area (Å²) in [4.78, 5) is 0. The summed E-state index contributed by atoms with van der Waals surface area (Å²) >= 11 is 10.6. The maximum Gasteiger partial charge on any atom is 1.00 e. The van der Waals surface area contributed by atoms with Gasteiger partial charge in [-0.25, -0.2) is 0 Å². The molecule has 0 aromatic carbocycles. The van der Waals surface area contributed by atoms with Crippen molar-refractivity contribution in [2.45, 2.75) is 207 Å². The van der Waals surface area contributed by atoms with Gasteiger partial charge in [0.05, 0.1) is 33.6 Å². The molecule has 0 spiro atoms. The number of rotatable bonds is 1. The minimum absolute atomic E-state index is 0. The molecule has 0 amide bonds. The van der Waals surface area contributed by atoms with Crippen LogP contribution in [0.25, 0.3) is 0 Å². The SMILES string of the molecule is C.C.CB(O)O.CB([O-])[O-].CB1OC(C)(C)C(C)(C)O1.CC.CC.CC.CC.CC1(C)OB(B2OC(C)(C)C(C)(C)O2)OC1(C)C.I[I-]I.I[I-]I.[O-]B([O-])[O-].[Rb+].[Rb+].[Rb+].[Rb+].[Rb+]. The van der Waals surface area contributed by atoms with Gasteiger partial charge in [0.15, 0.2) is 0 Å². The van der Waals surface area contributed by atoms with E-state index >= 15 is 0 Å². The van der Waals surface area contributed by atoms with E-state index < -0.39 is 35.6 Å². The molecule has 348 valence electrons. The first-order valence-corrected chi connectivity index (χ1v) is 42.9. The molecule has 0 saturated carbocycles. The van der Waals surface area contributed by atoms with Crippen molar-refractivity contribution in [1.82, 2.24) is 0 Å². The van der Waals surface area contributed by atoms with E-state index in [4.69, 9.17) is 63.1 Å². The maximum atomic E-state index is 8.97. The van der Waals surface area contributed by atoms with Crippen molar-refractivity contribution in [3.63, 3.8) is 0 Å². The molecule has 13 nitrogen and oxygen atoms in total. The molecule has 0 bridgehead atoms. The van der Waals surface area contributed by atoms with Crippen molar-refractivity contribution in [2.24, 2.45) is 0 Å². The standard InChI is InChI=1S/C12H24B2O4.C7H15BO2.4C2H6.CH5BO2.CH3BO2.2CH4.BO3.2I3.5Rb/c1-9(2)10(3,4)16-13(15-9)14-17-11(5,6)12(7,8)18-14;1-6(2)7(3,4)10-8(5)9-6;4*1-2;2*1-2(3)4;;;2-1(3)4;2*1-3-2;;;;;/h1-8H3;1-5H3;4*1-2H3;3-4H,1H3;1H3;2*1H4;;;;;;;;/q;;;;;;;-2;;;-3;2*-1;5*+1. The first-order chi connectivity index (χ1) is 24.3. The molecule has 3 heterocycles. The van der Waals surface area contributed by atoms with Crippen LogP contribution in [0.5, 0.6) is 0 Å².